The fourth-order valence-corrected chi connectivity index (χ4v) is 4.56. The normalized spacial score (nSPS) is 11.5. The molecule has 9 nitrogen and oxygen atoms in total. The fraction of sp³-hybridized carbons (Fsp3) is 0.240. The molecule has 2 heterocycles. The van der Waals surface area contributed by atoms with Crippen LogP contribution >= 0.6 is 0 Å². The first kappa shape index (κ1) is 24.2. The molecule has 2 aromatic heterocycles. The number of nitrogens with one attached hydrogen (secondary N) is 1. The van der Waals surface area contributed by atoms with E-state index in [9.17, 15) is 13.7 Å². The van der Waals surface area contributed by atoms with E-state index in [0.29, 0.717) is 28.5 Å². The van der Waals surface area contributed by atoms with Crippen molar-refractivity contribution in [2.75, 3.05) is 7.05 Å². The summed E-state index contributed by atoms with van der Waals surface area (Å²) < 4.78 is 31.0. The first-order valence-electron chi connectivity index (χ1n) is 10.9. The van der Waals surface area contributed by atoms with Crippen LogP contribution in [0.1, 0.15) is 30.7 Å². The Kier molecular flexibility index (Phi) is 6.73. The summed E-state index contributed by atoms with van der Waals surface area (Å²) in [6.45, 7) is 5.73. The molecule has 4 aromatic rings. The van der Waals surface area contributed by atoms with Crippen molar-refractivity contribution in [3.63, 3.8) is 0 Å². The van der Waals surface area contributed by atoms with Crippen LogP contribution in [0, 0.1) is 18.3 Å². The minimum absolute atomic E-state index is 0.0929. The molecule has 0 spiro atoms. The third-order valence-corrected chi connectivity index (χ3v) is 7.65. The average Bonchev–Trinajstić information content (AvgIpc) is 3.34. The highest BCUT2D eigenvalue weighted by Crippen LogP contribution is 2.29. The molecule has 0 aliphatic heterocycles. The van der Waals surface area contributed by atoms with Crippen molar-refractivity contribution in [1.82, 2.24) is 25.5 Å². The number of hydrogen-bond acceptors (Lipinski definition) is 9. The molecule has 10 heteroatoms. The van der Waals surface area contributed by atoms with Crippen molar-refractivity contribution >= 4 is 9.84 Å². The Morgan fingerprint density at radius 2 is 1.80 bits per heavy atom. The minimum atomic E-state index is -3.52. The zero-order valence-electron chi connectivity index (χ0n) is 19.8. The van der Waals surface area contributed by atoms with Crippen LogP contribution in [0.2, 0.25) is 0 Å². The van der Waals surface area contributed by atoms with Crippen LogP contribution in [0.25, 0.3) is 34.3 Å². The summed E-state index contributed by atoms with van der Waals surface area (Å²) in [4.78, 5) is 9.12. The van der Waals surface area contributed by atoms with Crippen LogP contribution in [0.15, 0.2) is 58.0 Å². The summed E-state index contributed by atoms with van der Waals surface area (Å²) >= 11 is 0. The van der Waals surface area contributed by atoms with Crippen LogP contribution in [-0.4, -0.2) is 40.9 Å². The summed E-state index contributed by atoms with van der Waals surface area (Å²) in [7, 11) is -1.63. The Labute approximate surface area is 203 Å². The molecule has 0 fully saturated rings. The van der Waals surface area contributed by atoms with E-state index in [0.717, 1.165) is 17.7 Å². The molecule has 1 N–H and O–H groups in total. The number of benzene rings is 2. The van der Waals surface area contributed by atoms with E-state index in [1.165, 1.54) is 18.3 Å². The average molecular weight is 489 g/mol. The van der Waals surface area contributed by atoms with Crippen molar-refractivity contribution in [3.8, 4) is 40.4 Å². The predicted molar refractivity (Wildman–Crippen MR) is 131 cm³/mol. The highest BCUT2D eigenvalue weighted by molar-refractivity contribution is 7.92. The van der Waals surface area contributed by atoms with E-state index in [1.54, 1.807) is 26.8 Å². The Balaban J connectivity index is 1.71. The molecule has 2 aromatic carbocycles. The van der Waals surface area contributed by atoms with Gasteiger partial charge in [0.15, 0.2) is 9.84 Å². The van der Waals surface area contributed by atoms with Gasteiger partial charge in [0.25, 0.3) is 5.89 Å². The van der Waals surface area contributed by atoms with Crippen LogP contribution < -0.4 is 5.32 Å². The lowest BCUT2D eigenvalue weighted by atomic mass is 10.1. The number of aromatic nitrogens is 4. The third kappa shape index (κ3) is 4.82. The van der Waals surface area contributed by atoms with E-state index in [-0.39, 0.29) is 16.3 Å². The minimum Gasteiger partial charge on any atom is -0.415 e. The Bertz CT molecular complexity index is 1520. The van der Waals surface area contributed by atoms with Crippen molar-refractivity contribution < 1.29 is 12.8 Å². The number of rotatable bonds is 7. The standard InChI is InChI=1S/C25H24N6O3S/c1-15(2)35(32,33)20-9-10-21(19(11-20)12-26)22-14-28-16(3)23(29-22)25-31-30-24(34-25)18-7-5-17(6-8-18)13-27-4/h5-11,14-15,27H,13H2,1-4H3. The molecular weight excluding hydrogens is 464 g/mol. The quantitative estimate of drug-likeness (QED) is 0.410. The highest BCUT2D eigenvalue weighted by Gasteiger charge is 2.22. The summed E-state index contributed by atoms with van der Waals surface area (Å²) in [5.74, 6) is 0.548. The van der Waals surface area contributed by atoms with Crippen LogP contribution in [-0.2, 0) is 16.4 Å². The molecule has 0 amide bonds. The second-order valence-corrected chi connectivity index (χ2v) is 10.7. The van der Waals surface area contributed by atoms with Gasteiger partial charge in [0.1, 0.15) is 5.69 Å². The van der Waals surface area contributed by atoms with Gasteiger partial charge in [-0.25, -0.2) is 13.4 Å². The number of hydrogen-bond donors (Lipinski definition) is 1. The van der Waals surface area contributed by atoms with Gasteiger partial charge in [0.2, 0.25) is 5.89 Å². The maximum absolute atomic E-state index is 12.5. The van der Waals surface area contributed by atoms with Crippen molar-refractivity contribution in [3.05, 3.63) is 65.5 Å². The summed E-state index contributed by atoms with van der Waals surface area (Å²) in [5, 5.41) is 20.5. The van der Waals surface area contributed by atoms with E-state index in [4.69, 9.17) is 4.42 Å². The molecule has 0 aliphatic carbocycles. The van der Waals surface area contributed by atoms with Crippen LogP contribution in [0.3, 0.4) is 0 Å². The molecule has 0 unspecified atom stereocenters. The lowest BCUT2D eigenvalue weighted by Crippen LogP contribution is -2.14. The summed E-state index contributed by atoms with van der Waals surface area (Å²) in [6, 6.07) is 14.3. The molecular formula is C25H24N6O3S. The number of nitrogens with zero attached hydrogens (tertiary/aromatic N) is 5. The van der Waals surface area contributed by atoms with E-state index >= 15 is 0 Å². The first-order valence-corrected chi connectivity index (χ1v) is 12.5. The van der Waals surface area contributed by atoms with Crippen molar-refractivity contribution in [2.45, 2.75) is 37.5 Å². The topological polar surface area (TPSA) is 135 Å². The Morgan fingerprint density at radius 1 is 1.09 bits per heavy atom. The maximum Gasteiger partial charge on any atom is 0.268 e. The van der Waals surface area contributed by atoms with Gasteiger partial charge in [0.05, 0.1) is 39.4 Å². The molecule has 178 valence electrons. The summed E-state index contributed by atoms with van der Waals surface area (Å²) in [5.41, 5.74) is 3.91. The molecule has 0 saturated carbocycles. The highest BCUT2D eigenvalue weighted by atomic mass is 32.2. The molecule has 4 rings (SSSR count). The van der Waals surface area contributed by atoms with Gasteiger partial charge in [-0.3, -0.25) is 4.98 Å². The summed E-state index contributed by atoms with van der Waals surface area (Å²) in [6.07, 6.45) is 1.53. The lowest BCUT2D eigenvalue weighted by molar-refractivity contribution is 0.581. The maximum atomic E-state index is 12.5. The van der Waals surface area contributed by atoms with Crippen molar-refractivity contribution in [2.24, 2.45) is 0 Å². The Hall–Kier alpha value is -3.94. The van der Waals surface area contributed by atoms with Crippen molar-refractivity contribution in [1.29, 1.82) is 5.26 Å². The third-order valence-electron chi connectivity index (χ3n) is 5.50. The number of aryl methyl sites for hydroxylation is 1. The van der Waals surface area contributed by atoms with E-state index < -0.39 is 15.1 Å². The zero-order valence-corrected chi connectivity index (χ0v) is 20.6. The van der Waals surface area contributed by atoms with Gasteiger partial charge in [-0.15, -0.1) is 10.2 Å². The first-order chi connectivity index (χ1) is 16.7. The van der Waals surface area contributed by atoms with Crippen LogP contribution in [0.5, 0.6) is 0 Å². The molecule has 0 aliphatic rings. The van der Waals surface area contributed by atoms with Gasteiger partial charge >= 0.3 is 0 Å². The number of nitriles is 1. The second kappa shape index (κ2) is 9.74. The van der Waals surface area contributed by atoms with E-state index in [1.807, 2.05) is 31.3 Å². The number of sulfone groups is 1. The van der Waals surface area contributed by atoms with Gasteiger partial charge in [-0.2, -0.15) is 5.26 Å². The molecule has 0 radical (unpaired) electrons. The smallest absolute Gasteiger partial charge is 0.268 e. The Morgan fingerprint density at radius 3 is 2.46 bits per heavy atom. The van der Waals surface area contributed by atoms with Gasteiger partial charge in [-0.05, 0) is 57.6 Å². The second-order valence-electron chi connectivity index (χ2n) is 8.24. The largest absolute Gasteiger partial charge is 0.415 e. The monoisotopic (exact) mass is 488 g/mol. The van der Waals surface area contributed by atoms with E-state index in [2.05, 4.69) is 31.6 Å². The molecule has 0 bridgehead atoms. The molecule has 0 saturated heterocycles. The zero-order chi connectivity index (χ0) is 25.2. The molecule has 0 atom stereocenters. The SMILES string of the molecule is CNCc1ccc(-c2nnc(-c3nc(-c4ccc(S(=O)(=O)C(C)C)cc4C#N)cnc3C)o2)cc1. The van der Waals surface area contributed by atoms with Gasteiger partial charge in [0, 0.05) is 17.7 Å². The predicted octanol–water partition coefficient (Wildman–Crippen LogP) is 3.94. The lowest BCUT2D eigenvalue weighted by Gasteiger charge is -2.11. The van der Waals surface area contributed by atoms with Crippen LogP contribution in [0.4, 0.5) is 0 Å². The fourth-order valence-electron chi connectivity index (χ4n) is 3.47. The van der Waals surface area contributed by atoms with Gasteiger partial charge < -0.3 is 9.73 Å². The molecule has 35 heavy (non-hydrogen) atoms. The van der Waals surface area contributed by atoms with Gasteiger partial charge in [-0.1, -0.05) is 18.2 Å².